The fourth-order valence-corrected chi connectivity index (χ4v) is 4.62. The number of para-hydroxylation sites is 1. The van der Waals surface area contributed by atoms with E-state index in [2.05, 4.69) is 23.1 Å². The largest absolute Gasteiger partial charge is 0.444 e. The van der Waals surface area contributed by atoms with E-state index in [1.807, 2.05) is 45.0 Å². The Hall–Kier alpha value is -2.64. The molecule has 6 nitrogen and oxygen atoms in total. The lowest BCUT2D eigenvalue weighted by atomic mass is 10.2. The molecule has 1 aliphatic rings. The number of thiazole rings is 1. The molecule has 30 heavy (non-hydrogen) atoms. The van der Waals surface area contributed by atoms with Crippen LogP contribution in [-0.4, -0.2) is 52.7 Å². The second-order valence-corrected chi connectivity index (χ2v) is 9.68. The number of nitrogen functional groups attached to an aromatic ring is 1. The lowest BCUT2D eigenvalue weighted by molar-refractivity contribution is 0.0139. The molecule has 0 aliphatic carbocycles. The molecule has 7 heteroatoms. The molecule has 0 atom stereocenters. The third kappa shape index (κ3) is 4.74. The summed E-state index contributed by atoms with van der Waals surface area (Å²) in [5.41, 5.74) is 9.65. The first-order valence-corrected chi connectivity index (χ1v) is 11.0. The molecule has 0 spiro atoms. The third-order valence-electron chi connectivity index (χ3n) is 5.07. The molecule has 1 amide bonds. The Labute approximate surface area is 181 Å². The van der Waals surface area contributed by atoms with E-state index in [-0.39, 0.29) is 6.09 Å². The maximum absolute atomic E-state index is 12.2. The third-order valence-corrected chi connectivity index (χ3v) is 6.13. The number of aromatic nitrogens is 1. The standard InChI is InChI=1S/C23H28N4O2S/c1-23(2,3)29-22(28)27-12-10-26(11-13-27)15-16-8-9-19-20(14-16)30-21(25-19)17-6-4-5-7-18(17)24/h4-9,14H,10-13,15,24H2,1-3H3. The van der Waals surface area contributed by atoms with Crippen LogP contribution < -0.4 is 5.73 Å². The molecule has 0 bridgehead atoms. The van der Waals surface area contributed by atoms with Crippen molar-refractivity contribution in [3.05, 3.63) is 48.0 Å². The fourth-order valence-electron chi connectivity index (χ4n) is 3.55. The monoisotopic (exact) mass is 424 g/mol. The second kappa shape index (κ2) is 8.24. The highest BCUT2D eigenvalue weighted by molar-refractivity contribution is 7.21. The van der Waals surface area contributed by atoms with Crippen LogP contribution in [0.25, 0.3) is 20.8 Å². The Balaban J connectivity index is 1.40. The molecule has 1 saturated heterocycles. The molecule has 4 rings (SSSR count). The zero-order valence-electron chi connectivity index (χ0n) is 17.7. The van der Waals surface area contributed by atoms with Crippen molar-refractivity contribution in [2.24, 2.45) is 0 Å². The van der Waals surface area contributed by atoms with E-state index < -0.39 is 5.60 Å². The average Bonchev–Trinajstić information content (AvgIpc) is 3.10. The van der Waals surface area contributed by atoms with Crippen LogP contribution >= 0.6 is 11.3 Å². The van der Waals surface area contributed by atoms with Gasteiger partial charge in [-0.05, 0) is 50.6 Å². The SMILES string of the molecule is CC(C)(C)OC(=O)N1CCN(Cc2ccc3nc(-c4ccccc4N)sc3c2)CC1. The van der Waals surface area contributed by atoms with Crippen LogP contribution in [0.1, 0.15) is 26.3 Å². The first-order chi connectivity index (χ1) is 14.3. The normalized spacial score (nSPS) is 15.5. The number of fused-ring (bicyclic) bond motifs is 1. The van der Waals surface area contributed by atoms with Gasteiger partial charge in [0.05, 0.1) is 10.2 Å². The molecule has 158 valence electrons. The fraction of sp³-hybridized carbons (Fsp3) is 0.391. The van der Waals surface area contributed by atoms with Crippen LogP contribution in [0.3, 0.4) is 0 Å². The van der Waals surface area contributed by atoms with E-state index in [4.69, 9.17) is 15.5 Å². The summed E-state index contributed by atoms with van der Waals surface area (Å²) in [7, 11) is 0. The number of nitrogens with zero attached hydrogens (tertiary/aromatic N) is 3. The molecule has 2 aromatic carbocycles. The maximum Gasteiger partial charge on any atom is 0.410 e. The van der Waals surface area contributed by atoms with Crippen LogP contribution in [0.4, 0.5) is 10.5 Å². The van der Waals surface area contributed by atoms with Crippen LogP contribution in [0.5, 0.6) is 0 Å². The topological polar surface area (TPSA) is 71.7 Å². The van der Waals surface area contributed by atoms with Gasteiger partial charge in [-0.3, -0.25) is 4.90 Å². The number of piperazine rings is 1. The second-order valence-electron chi connectivity index (χ2n) is 8.65. The van der Waals surface area contributed by atoms with Crippen molar-refractivity contribution in [3.63, 3.8) is 0 Å². The Bertz CT molecular complexity index is 1050. The molecule has 0 saturated carbocycles. The number of benzene rings is 2. The minimum atomic E-state index is -0.457. The highest BCUT2D eigenvalue weighted by Gasteiger charge is 2.25. The lowest BCUT2D eigenvalue weighted by Gasteiger charge is -2.35. The Kier molecular flexibility index (Phi) is 5.66. The molecule has 1 aliphatic heterocycles. The van der Waals surface area contributed by atoms with Crippen molar-refractivity contribution in [3.8, 4) is 10.6 Å². The average molecular weight is 425 g/mol. The van der Waals surface area contributed by atoms with E-state index in [1.54, 1.807) is 16.2 Å². The summed E-state index contributed by atoms with van der Waals surface area (Å²) in [4.78, 5) is 21.2. The summed E-state index contributed by atoms with van der Waals surface area (Å²) in [5.74, 6) is 0. The summed E-state index contributed by atoms with van der Waals surface area (Å²) >= 11 is 1.67. The first kappa shape index (κ1) is 20.6. The quantitative estimate of drug-likeness (QED) is 0.622. The van der Waals surface area contributed by atoms with Crippen molar-refractivity contribution < 1.29 is 9.53 Å². The van der Waals surface area contributed by atoms with Gasteiger partial charge >= 0.3 is 6.09 Å². The first-order valence-electron chi connectivity index (χ1n) is 10.2. The van der Waals surface area contributed by atoms with Gasteiger partial charge in [0.15, 0.2) is 0 Å². The Morgan fingerprint density at radius 1 is 1.13 bits per heavy atom. The summed E-state index contributed by atoms with van der Waals surface area (Å²) in [6.07, 6.45) is -0.221. The zero-order chi connectivity index (χ0) is 21.3. The van der Waals surface area contributed by atoms with Crippen molar-refractivity contribution in [1.29, 1.82) is 0 Å². The molecule has 1 aromatic heterocycles. The van der Waals surface area contributed by atoms with Crippen LogP contribution in [0.15, 0.2) is 42.5 Å². The van der Waals surface area contributed by atoms with Gasteiger partial charge in [0.2, 0.25) is 0 Å². The molecular formula is C23H28N4O2S. The van der Waals surface area contributed by atoms with Gasteiger partial charge in [-0.25, -0.2) is 9.78 Å². The van der Waals surface area contributed by atoms with Gasteiger partial charge < -0.3 is 15.4 Å². The van der Waals surface area contributed by atoms with E-state index in [0.717, 1.165) is 46.1 Å². The van der Waals surface area contributed by atoms with Crippen molar-refractivity contribution >= 4 is 33.3 Å². The summed E-state index contributed by atoms with van der Waals surface area (Å²) in [6.45, 7) is 9.61. The number of ether oxygens (including phenoxy) is 1. The molecule has 1 fully saturated rings. The Morgan fingerprint density at radius 3 is 2.57 bits per heavy atom. The van der Waals surface area contributed by atoms with Crippen LogP contribution in [0.2, 0.25) is 0 Å². The number of carbonyl (C=O) groups is 1. The van der Waals surface area contributed by atoms with Crippen LogP contribution in [-0.2, 0) is 11.3 Å². The van der Waals surface area contributed by atoms with Gasteiger partial charge in [-0.1, -0.05) is 18.2 Å². The van der Waals surface area contributed by atoms with Gasteiger partial charge in [0.25, 0.3) is 0 Å². The Morgan fingerprint density at radius 2 is 1.87 bits per heavy atom. The van der Waals surface area contributed by atoms with Gasteiger partial charge in [-0.2, -0.15) is 0 Å². The number of carbonyl (C=O) groups excluding carboxylic acids is 1. The summed E-state index contributed by atoms with van der Waals surface area (Å²) in [5, 5.41) is 0.950. The van der Waals surface area contributed by atoms with Crippen molar-refractivity contribution in [2.75, 3.05) is 31.9 Å². The smallest absolute Gasteiger partial charge is 0.410 e. The van der Waals surface area contributed by atoms with Gasteiger partial charge in [0.1, 0.15) is 10.6 Å². The van der Waals surface area contributed by atoms with E-state index in [9.17, 15) is 4.79 Å². The van der Waals surface area contributed by atoms with Crippen molar-refractivity contribution in [1.82, 2.24) is 14.8 Å². The minimum absolute atomic E-state index is 0.221. The summed E-state index contributed by atoms with van der Waals surface area (Å²) in [6, 6.07) is 14.3. The highest BCUT2D eigenvalue weighted by Crippen LogP contribution is 2.33. The maximum atomic E-state index is 12.2. The number of rotatable bonds is 3. The predicted molar refractivity (Wildman–Crippen MR) is 123 cm³/mol. The van der Waals surface area contributed by atoms with E-state index >= 15 is 0 Å². The molecule has 3 aromatic rings. The molecule has 2 heterocycles. The number of hydrogen-bond donors (Lipinski definition) is 1. The number of anilines is 1. The molecule has 0 radical (unpaired) electrons. The zero-order valence-corrected chi connectivity index (χ0v) is 18.5. The van der Waals surface area contributed by atoms with Crippen LogP contribution in [0, 0.1) is 0 Å². The van der Waals surface area contributed by atoms with Gasteiger partial charge in [-0.15, -0.1) is 11.3 Å². The molecular weight excluding hydrogens is 396 g/mol. The summed E-state index contributed by atoms with van der Waals surface area (Å²) < 4.78 is 6.65. The number of nitrogens with two attached hydrogens (primary N) is 1. The minimum Gasteiger partial charge on any atom is -0.444 e. The van der Waals surface area contributed by atoms with E-state index in [0.29, 0.717) is 13.1 Å². The van der Waals surface area contributed by atoms with Gasteiger partial charge in [0, 0.05) is 44.0 Å². The number of hydrogen-bond acceptors (Lipinski definition) is 6. The number of amides is 1. The highest BCUT2D eigenvalue weighted by atomic mass is 32.1. The predicted octanol–water partition coefficient (Wildman–Crippen LogP) is 4.60. The van der Waals surface area contributed by atoms with E-state index in [1.165, 1.54) is 5.56 Å². The van der Waals surface area contributed by atoms with Crippen molar-refractivity contribution in [2.45, 2.75) is 32.9 Å². The molecule has 2 N–H and O–H groups in total. The lowest BCUT2D eigenvalue weighted by Crippen LogP contribution is -2.49. The molecule has 0 unspecified atom stereocenters.